The van der Waals surface area contributed by atoms with Crippen molar-refractivity contribution in [3.63, 3.8) is 0 Å². The number of aromatic nitrogens is 2. The quantitative estimate of drug-likeness (QED) is 0.762. The first-order valence-corrected chi connectivity index (χ1v) is 9.53. The lowest BCUT2D eigenvalue weighted by Crippen LogP contribution is -2.33. The molecule has 134 valence electrons. The number of hydrogen-bond acceptors (Lipinski definition) is 6. The molecule has 7 heteroatoms. The van der Waals surface area contributed by atoms with E-state index in [0.717, 1.165) is 29.7 Å². The van der Waals surface area contributed by atoms with Gasteiger partial charge in [-0.3, -0.25) is 4.79 Å². The number of aryl methyl sites for hydroxylation is 2. The van der Waals surface area contributed by atoms with Crippen LogP contribution in [0.5, 0.6) is 5.75 Å². The van der Waals surface area contributed by atoms with E-state index in [4.69, 9.17) is 9.15 Å². The average Bonchev–Trinajstić information content (AvgIpc) is 3.25. The fourth-order valence-corrected chi connectivity index (χ4v) is 3.42. The molecule has 0 bridgehead atoms. The molecule has 6 nitrogen and oxygen atoms in total. The van der Waals surface area contributed by atoms with Crippen LogP contribution in [-0.4, -0.2) is 27.9 Å². The molecule has 1 aromatic heterocycles. The molecule has 1 fully saturated rings. The van der Waals surface area contributed by atoms with Crippen molar-refractivity contribution in [1.82, 2.24) is 15.5 Å². The Balaban J connectivity index is 1.45. The van der Waals surface area contributed by atoms with E-state index in [2.05, 4.69) is 15.5 Å². The number of nitrogens with zero attached hydrogens (tertiary/aromatic N) is 2. The van der Waals surface area contributed by atoms with Crippen LogP contribution in [0.25, 0.3) is 0 Å². The highest BCUT2D eigenvalue weighted by Crippen LogP contribution is 2.22. The molecular formula is C18H23N3O3S. The first-order chi connectivity index (χ1) is 12.1. The van der Waals surface area contributed by atoms with E-state index in [1.165, 1.54) is 24.6 Å². The Labute approximate surface area is 151 Å². The number of ether oxygens (including phenoxy) is 1. The standard InChI is InChI=1S/C18H23N3O3S/c1-12-7-8-13(2)15(9-12)23-10-17-20-21-18(24-17)25-11-16(22)19-14-5-3-4-6-14/h7-9,14H,3-6,10-11H2,1-2H3,(H,19,22). The molecule has 1 aliphatic carbocycles. The zero-order valence-corrected chi connectivity index (χ0v) is 15.4. The molecule has 1 aromatic carbocycles. The van der Waals surface area contributed by atoms with Gasteiger partial charge < -0.3 is 14.5 Å². The van der Waals surface area contributed by atoms with E-state index in [1.807, 2.05) is 32.0 Å². The zero-order chi connectivity index (χ0) is 17.6. The first kappa shape index (κ1) is 17.8. The molecular weight excluding hydrogens is 338 g/mol. The van der Waals surface area contributed by atoms with E-state index < -0.39 is 0 Å². The number of carbonyl (C=O) groups excluding carboxylic acids is 1. The van der Waals surface area contributed by atoms with Crippen molar-refractivity contribution in [1.29, 1.82) is 0 Å². The summed E-state index contributed by atoms with van der Waals surface area (Å²) in [6.45, 7) is 4.23. The SMILES string of the molecule is Cc1ccc(C)c(OCc2nnc(SCC(=O)NC3CCCC3)o2)c1. The van der Waals surface area contributed by atoms with Gasteiger partial charge in [-0.05, 0) is 43.9 Å². The molecule has 2 aromatic rings. The van der Waals surface area contributed by atoms with Crippen LogP contribution in [0.3, 0.4) is 0 Å². The highest BCUT2D eigenvalue weighted by molar-refractivity contribution is 7.99. The fourth-order valence-electron chi connectivity index (χ4n) is 2.82. The van der Waals surface area contributed by atoms with Crippen LogP contribution in [0.1, 0.15) is 42.7 Å². The summed E-state index contributed by atoms with van der Waals surface area (Å²) < 4.78 is 11.3. The summed E-state index contributed by atoms with van der Waals surface area (Å²) in [7, 11) is 0. The molecule has 1 aliphatic rings. The highest BCUT2D eigenvalue weighted by atomic mass is 32.2. The van der Waals surface area contributed by atoms with Gasteiger partial charge in [-0.25, -0.2) is 0 Å². The molecule has 1 saturated carbocycles. The van der Waals surface area contributed by atoms with Gasteiger partial charge in [-0.2, -0.15) is 0 Å². The van der Waals surface area contributed by atoms with Crippen LogP contribution < -0.4 is 10.1 Å². The molecule has 1 heterocycles. The molecule has 3 rings (SSSR count). The summed E-state index contributed by atoms with van der Waals surface area (Å²) >= 11 is 1.25. The third-order valence-electron chi connectivity index (χ3n) is 4.19. The Kier molecular flexibility index (Phi) is 5.96. The summed E-state index contributed by atoms with van der Waals surface area (Å²) in [5, 5.41) is 11.4. The number of benzene rings is 1. The smallest absolute Gasteiger partial charge is 0.277 e. The number of carbonyl (C=O) groups is 1. The topological polar surface area (TPSA) is 77.2 Å². The van der Waals surface area contributed by atoms with E-state index in [1.54, 1.807) is 0 Å². The molecule has 1 amide bonds. The molecule has 0 saturated heterocycles. The van der Waals surface area contributed by atoms with E-state index in [-0.39, 0.29) is 18.3 Å². The van der Waals surface area contributed by atoms with Gasteiger partial charge in [0.2, 0.25) is 5.91 Å². The van der Waals surface area contributed by atoms with E-state index in [0.29, 0.717) is 17.2 Å². The Bertz CT molecular complexity index is 726. The lowest BCUT2D eigenvalue weighted by atomic mass is 10.1. The van der Waals surface area contributed by atoms with E-state index >= 15 is 0 Å². The second-order valence-corrected chi connectivity index (χ2v) is 7.28. The van der Waals surface area contributed by atoms with Gasteiger partial charge in [0.15, 0.2) is 6.61 Å². The Hall–Kier alpha value is -2.02. The van der Waals surface area contributed by atoms with Crippen LogP contribution in [-0.2, 0) is 11.4 Å². The van der Waals surface area contributed by atoms with Crippen molar-refractivity contribution in [3.05, 3.63) is 35.2 Å². The predicted octanol–water partition coefficient (Wildman–Crippen LogP) is 3.42. The molecule has 1 N–H and O–H groups in total. The first-order valence-electron chi connectivity index (χ1n) is 8.55. The normalized spacial score (nSPS) is 14.6. The number of nitrogens with one attached hydrogen (secondary N) is 1. The van der Waals surface area contributed by atoms with E-state index in [9.17, 15) is 4.79 Å². The lowest BCUT2D eigenvalue weighted by Gasteiger charge is -2.10. The van der Waals surface area contributed by atoms with Crippen molar-refractivity contribution < 1.29 is 13.9 Å². The lowest BCUT2D eigenvalue weighted by molar-refractivity contribution is -0.119. The highest BCUT2D eigenvalue weighted by Gasteiger charge is 2.18. The minimum Gasteiger partial charge on any atom is -0.484 e. The predicted molar refractivity (Wildman–Crippen MR) is 95.7 cm³/mol. The minimum absolute atomic E-state index is 0.0169. The molecule has 0 atom stereocenters. The summed E-state index contributed by atoms with van der Waals surface area (Å²) in [5.41, 5.74) is 2.19. The zero-order valence-electron chi connectivity index (χ0n) is 14.6. The average molecular weight is 361 g/mol. The summed E-state index contributed by atoms with van der Waals surface area (Å²) in [6.07, 6.45) is 4.56. The maximum absolute atomic E-state index is 11.9. The molecule has 0 radical (unpaired) electrons. The molecule has 0 aliphatic heterocycles. The van der Waals surface area contributed by atoms with Crippen LogP contribution in [0, 0.1) is 13.8 Å². The maximum Gasteiger partial charge on any atom is 0.277 e. The molecule has 0 unspecified atom stereocenters. The third-order valence-corrected chi connectivity index (χ3v) is 5.01. The van der Waals surface area contributed by atoms with Crippen LogP contribution in [0.2, 0.25) is 0 Å². The third kappa shape index (κ3) is 5.22. The molecule has 25 heavy (non-hydrogen) atoms. The number of thioether (sulfide) groups is 1. The summed E-state index contributed by atoms with van der Waals surface area (Å²) in [4.78, 5) is 11.9. The Morgan fingerprint density at radius 1 is 1.32 bits per heavy atom. The number of hydrogen-bond donors (Lipinski definition) is 1. The van der Waals surface area contributed by atoms with Crippen molar-refractivity contribution >= 4 is 17.7 Å². The Morgan fingerprint density at radius 3 is 2.92 bits per heavy atom. The van der Waals surface area contributed by atoms with Gasteiger partial charge in [0.05, 0.1) is 5.75 Å². The van der Waals surface area contributed by atoms with Gasteiger partial charge in [0.1, 0.15) is 5.75 Å². The summed E-state index contributed by atoms with van der Waals surface area (Å²) in [5.74, 6) is 1.52. The van der Waals surface area contributed by atoms with Gasteiger partial charge >= 0.3 is 0 Å². The van der Waals surface area contributed by atoms with Crippen LogP contribution in [0.4, 0.5) is 0 Å². The van der Waals surface area contributed by atoms with Crippen molar-refractivity contribution in [3.8, 4) is 5.75 Å². The monoisotopic (exact) mass is 361 g/mol. The van der Waals surface area contributed by atoms with Crippen molar-refractivity contribution in [2.45, 2.75) is 57.4 Å². The fraction of sp³-hybridized carbons (Fsp3) is 0.500. The largest absolute Gasteiger partial charge is 0.484 e. The van der Waals surface area contributed by atoms with Crippen molar-refractivity contribution in [2.75, 3.05) is 5.75 Å². The van der Waals surface area contributed by atoms with Gasteiger partial charge in [0, 0.05) is 6.04 Å². The van der Waals surface area contributed by atoms with Crippen LogP contribution in [0.15, 0.2) is 27.8 Å². The molecule has 0 spiro atoms. The number of amides is 1. The second kappa shape index (κ2) is 8.38. The maximum atomic E-state index is 11.9. The number of rotatable bonds is 7. The summed E-state index contributed by atoms with van der Waals surface area (Å²) in [6, 6.07) is 6.37. The minimum atomic E-state index is 0.0169. The Morgan fingerprint density at radius 2 is 2.12 bits per heavy atom. The van der Waals surface area contributed by atoms with Crippen molar-refractivity contribution in [2.24, 2.45) is 0 Å². The van der Waals surface area contributed by atoms with Gasteiger partial charge in [-0.15, -0.1) is 10.2 Å². The van der Waals surface area contributed by atoms with Gasteiger partial charge in [-0.1, -0.05) is 36.7 Å². The van der Waals surface area contributed by atoms with Gasteiger partial charge in [0.25, 0.3) is 11.1 Å². The van der Waals surface area contributed by atoms with Crippen LogP contribution >= 0.6 is 11.8 Å². The second-order valence-electron chi connectivity index (χ2n) is 6.36.